The van der Waals surface area contributed by atoms with Crippen molar-refractivity contribution in [1.29, 1.82) is 0 Å². The minimum Gasteiger partial charge on any atom is -0.364 e. The summed E-state index contributed by atoms with van der Waals surface area (Å²) in [6.45, 7) is 2.88. The van der Waals surface area contributed by atoms with E-state index in [1.54, 1.807) is 6.92 Å². The second kappa shape index (κ2) is 2.77. The Labute approximate surface area is 68.5 Å². The maximum atomic E-state index is 10.9. The normalized spacial score (nSPS) is 9.83. The van der Waals surface area contributed by atoms with Gasteiger partial charge in [-0.05, 0) is 13.8 Å². The summed E-state index contributed by atoms with van der Waals surface area (Å²) >= 11 is 0. The molecule has 0 aliphatic carbocycles. The van der Waals surface area contributed by atoms with Crippen LogP contribution in [0.2, 0.25) is 0 Å². The minimum atomic E-state index is -0.753. The largest absolute Gasteiger partial charge is 0.364 e. The molecule has 64 valence electrons. The lowest BCUT2D eigenvalue weighted by atomic mass is 10.1. The lowest BCUT2D eigenvalue weighted by Gasteiger charge is -1.91. The number of rotatable bonds is 2. The van der Waals surface area contributed by atoms with E-state index < -0.39 is 5.91 Å². The summed E-state index contributed by atoms with van der Waals surface area (Å²) in [4.78, 5) is 21.6. The molecule has 0 saturated heterocycles. The number of nitrogens with two attached hydrogens (primary N) is 1. The molecular formula is C7H8N2O3. The molecule has 0 aromatic carbocycles. The summed E-state index contributed by atoms with van der Waals surface area (Å²) in [6, 6.07) is 0. The highest BCUT2D eigenvalue weighted by Gasteiger charge is 2.20. The third kappa shape index (κ3) is 1.20. The molecule has 0 radical (unpaired) electrons. The first-order chi connectivity index (χ1) is 5.54. The predicted octanol–water partition coefficient (Wildman–Crippen LogP) is 0.285. The molecule has 0 aliphatic rings. The molecule has 1 amide bonds. The first-order valence-electron chi connectivity index (χ1n) is 3.31. The number of ketones is 1. The molecule has 0 unspecified atom stereocenters. The van der Waals surface area contributed by atoms with Crippen LogP contribution in [-0.2, 0) is 0 Å². The van der Waals surface area contributed by atoms with Crippen LogP contribution in [0.5, 0.6) is 0 Å². The average molecular weight is 168 g/mol. The van der Waals surface area contributed by atoms with Gasteiger partial charge in [0.2, 0.25) is 0 Å². The Kier molecular flexibility index (Phi) is 1.95. The zero-order valence-electron chi connectivity index (χ0n) is 6.75. The molecule has 5 nitrogen and oxygen atoms in total. The van der Waals surface area contributed by atoms with Crippen molar-refractivity contribution in [3.8, 4) is 0 Å². The third-order valence-corrected chi connectivity index (χ3v) is 1.45. The topological polar surface area (TPSA) is 86.2 Å². The zero-order valence-corrected chi connectivity index (χ0v) is 6.75. The molecule has 5 heteroatoms. The Hall–Kier alpha value is -1.65. The van der Waals surface area contributed by atoms with Gasteiger partial charge < -0.3 is 10.3 Å². The van der Waals surface area contributed by atoms with Gasteiger partial charge in [0.15, 0.2) is 11.5 Å². The van der Waals surface area contributed by atoms with E-state index in [1.165, 1.54) is 6.92 Å². The lowest BCUT2D eigenvalue weighted by Crippen LogP contribution is -2.15. The summed E-state index contributed by atoms with van der Waals surface area (Å²) in [7, 11) is 0. The first kappa shape index (κ1) is 8.45. The average Bonchev–Trinajstić information content (AvgIpc) is 2.30. The SMILES string of the molecule is CC(=O)c1c(C(N)=O)noc1C. The molecule has 1 aromatic heterocycles. The Morgan fingerprint density at radius 2 is 2.08 bits per heavy atom. The van der Waals surface area contributed by atoms with Crippen molar-refractivity contribution in [2.75, 3.05) is 0 Å². The standard InChI is InChI=1S/C7H8N2O3/c1-3(10)5-4(2)12-9-6(5)7(8)11/h1-2H3,(H2,8,11). The third-order valence-electron chi connectivity index (χ3n) is 1.45. The molecule has 0 bridgehead atoms. The number of hydrogen-bond acceptors (Lipinski definition) is 4. The predicted molar refractivity (Wildman–Crippen MR) is 39.8 cm³/mol. The van der Waals surface area contributed by atoms with Crippen molar-refractivity contribution in [1.82, 2.24) is 5.16 Å². The maximum absolute atomic E-state index is 10.9. The van der Waals surface area contributed by atoms with E-state index in [9.17, 15) is 9.59 Å². The summed E-state index contributed by atoms with van der Waals surface area (Å²) in [6.07, 6.45) is 0. The Balaban J connectivity index is 3.31. The van der Waals surface area contributed by atoms with E-state index in [1.807, 2.05) is 0 Å². The van der Waals surface area contributed by atoms with E-state index in [-0.39, 0.29) is 17.0 Å². The number of Topliss-reactive ketones (excluding diaryl/α,β-unsaturated/α-hetero) is 1. The molecule has 0 atom stereocenters. The van der Waals surface area contributed by atoms with E-state index in [0.29, 0.717) is 5.76 Å². The van der Waals surface area contributed by atoms with E-state index in [2.05, 4.69) is 9.68 Å². The Bertz CT molecular complexity index is 340. The Morgan fingerprint density at radius 1 is 1.50 bits per heavy atom. The summed E-state index contributed by atoms with van der Waals surface area (Å²) in [5, 5.41) is 3.37. The summed E-state index contributed by atoms with van der Waals surface area (Å²) in [5.41, 5.74) is 5.02. The van der Waals surface area contributed by atoms with E-state index >= 15 is 0 Å². The molecule has 0 spiro atoms. The van der Waals surface area contributed by atoms with Gasteiger partial charge in [-0.25, -0.2) is 0 Å². The number of amides is 1. The number of carbonyl (C=O) groups is 2. The van der Waals surface area contributed by atoms with Crippen LogP contribution in [0.1, 0.15) is 33.5 Å². The molecule has 0 fully saturated rings. The fourth-order valence-corrected chi connectivity index (χ4v) is 0.955. The highest BCUT2D eigenvalue weighted by Crippen LogP contribution is 2.12. The monoisotopic (exact) mass is 168 g/mol. The number of aryl methyl sites for hydroxylation is 1. The highest BCUT2D eigenvalue weighted by molar-refractivity contribution is 6.05. The molecule has 2 N–H and O–H groups in total. The molecular weight excluding hydrogens is 160 g/mol. The first-order valence-corrected chi connectivity index (χ1v) is 3.31. The molecule has 0 aliphatic heterocycles. The van der Waals surface area contributed by atoms with Gasteiger partial charge in [0.25, 0.3) is 5.91 Å². The summed E-state index contributed by atoms with van der Waals surface area (Å²) in [5.74, 6) is -0.712. The van der Waals surface area contributed by atoms with Crippen molar-refractivity contribution in [2.24, 2.45) is 5.73 Å². The fourth-order valence-electron chi connectivity index (χ4n) is 0.955. The zero-order chi connectivity index (χ0) is 9.30. The van der Waals surface area contributed by atoms with Crippen molar-refractivity contribution >= 4 is 11.7 Å². The fraction of sp³-hybridized carbons (Fsp3) is 0.286. The van der Waals surface area contributed by atoms with Gasteiger partial charge in [0, 0.05) is 0 Å². The second-order valence-electron chi connectivity index (χ2n) is 2.38. The molecule has 1 aromatic rings. The number of hydrogen-bond donors (Lipinski definition) is 1. The van der Waals surface area contributed by atoms with Gasteiger partial charge in [-0.2, -0.15) is 0 Å². The van der Waals surface area contributed by atoms with E-state index in [0.717, 1.165) is 0 Å². The van der Waals surface area contributed by atoms with Crippen molar-refractivity contribution in [3.05, 3.63) is 17.0 Å². The van der Waals surface area contributed by atoms with Crippen LogP contribution in [-0.4, -0.2) is 16.8 Å². The van der Waals surface area contributed by atoms with Crippen LogP contribution in [0.15, 0.2) is 4.52 Å². The molecule has 0 saturated carbocycles. The molecule has 1 heterocycles. The van der Waals surface area contributed by atoms with Crippen molar-refractivity contribution < 1.29 is 14.1 Å². The smallest absolute Gasteiger partial charge is 0.271 e. The van der Waals surface area contributed by atoms with E-state index in [4.69, 9.17) is 5.73 Å². The summed E-state index contributed by atoms with van der Waals surface area (Å²) < 4.78 is 4.65. The Morgan fingerprint density at radius 3 is 2.42 bits per heavy atom. The maximum Gasteiger partial charge on any atom is 0.271 e. The van der Waals surface area contributed by atoms with Crippen LogP contribution >= 0.6 is 0 Å². The number of nitrogens with zero attached hydrogens (tertiary/aromatic N) is 1. The molecule has 1 rings (SSSR count). The van der Waals surface area contributed by atoms with Gasteiger partial charge in [-0.3, -0.25) is 9.59 Å². The van der Waals surface area contributed by atoms with Gasteiger partial charge in [-0.1, -0.05) is 5.16 Å². The van der Waals surface area contributed by atoms with Crippen LogP contribution in [0, 0.1) is 6.92 Å². The van der Waals surface area contributed by atoms with Crippen molar-refractivity contribution in [3.63, 3.8) is 0 Å². The van der Waals surface area contributed by atoms with Crippen molar-refractivity contribution in [2.45, 2.75) is 13.8 Å². The van der Waals surface area contributed by atoms with Gasteiger partial charge in [-0.15, -0.1) is 0 Å². The minimum absolute atomic E-state index is 0.0972. The van der Waals surface area contributed by atoms with Crippen LogP contribution in [0.4, 0.5) is 0 Å². The van der Waals surface area contributed by atoms with Crippen LogP contribution in [0.25, 0.3) is 0 Å². The quantitative estimate of drug-likeness (QED) is 0.643. The molecule has 12 heavy (non-hydrogen) atoms. The number of carbonyl (C=O) groups excluding carboxylic acids is 2. The number of aromatic nitrogens is 1. The highest BCUT2D eigenvalue weighted by atomic mass is 16.5. The van der Waals surface area contributed by atoms with Crippen LogP contribution < -0.4 is 5.73 Å². The lowest BCUT2D eigenvalue weighted by molar-refractivity contribution is 0.0969. The van der Waals surface area contributed by atoms with Crippen LogP contribution in [0.3, 0.4) is 0 Å². The van der Waals surface area contributed by atoms with Gasteiger partial charge in [0.05, 0.1) is 5.56 Å². The van der Waals surface area contributed by atoms with Gasteiger partial charge >= 0.3 is 0 Å². The second-order valence-corrected chi connectivity index (χ2v) is 2.38. The van der Waals surface area contributed by atoms with Gasteiger partial charge in [0.1, 0.15) is 5.76 Å². The number of primary amides is 1.